The van der Waals surface area contributed by atoms with Crippen LogP contribution in [-0.2, 0) is 19.6 Å². The van der Waals surface area contributed by atoms with Crippen molar-refractivity contribution >= 4 is 5.91 Å². The van der Waals surface area contributed by atoms with E-state index in [-0.39, 0.29) is 11.7 Å². The Labute approximate surface area is 168 Å². The molecule has 0 bridgehead atoms. The van der Waals surface area contributed by atoms with Gasteiger partial charge in [-0.3, -0.25) is 4.79 Å². The van der Waals surface area contributed by atoms with Gasteiger partial charge in [-0.25, -0.2) is 4.39 Å². The lowest BCUT2D eigenvalue weighted by Crippen LogP contribution is -2.30. The predicted molar refractivity (Wildman–Crippen MR) is 109 cm³/mol. The normalized spacial score (nSPS) is 10.8. The van der Waals surface area contributed by atoms with Crippen LogP contribution in [0.1, 0.15) is 27.4 Å². The number of amides is 1. The summed E-state index contributed by atoms with van der Waals surface area (Å²) in [7, 11) is 0. The number of furan rings is 1. The van der Waals surface area contributed by atoms with E-state index in [2.05, 4.69) is 4.57 Å². The molecule has 0 aliphatic heterocycles. The molecule has 0 fully saturated rings. The fourth-order valence-corrected chi connectivity index (χ4v) is 3.29. The average molecular weight is 388 g/mol. The number of rotatable bonds is 7. The first-order valence-electron chi connectivity index (χ1n) is 9.44. The third kappa shape index (κ3) is 4.63. The Balaban J connectivity index is 1.57. The van der Waals surface area contributed by atoms with E-state index >= 15 is 0 Å². The molecule has 4 nitrogen and oxygen atoms in total. The second-order valence-corrected chi connectivity index (χ2v) is 6.88. The van der Waals surface area contributed by atoms with Gasteiger partial charge in [-0.15, -0.1) is 0 Å². The number of hydrogen-bond acceptors (Lipinski definition) is 2. The molecule has 0 saturated carbocycles. The summed E-state index contributed by atoms with van der Waals surface area (Å²) in [6.07, 6.45) is 3.47. The van der Waals surface area contributed by atoms with Crippen molar-refractivity contribution in [3.8, 4) is 0 Å². The summed E-state index contributed by atoms with van der Waals surface area (Å²) in [5.41, 5.74) is 3.03. The van der Waals surface area contributed by atoms with Crippen molar-refractivity contribution in [2.45, 2.75) is 19.6 Å². The van der Waals surface area contributed by atoms with Gasteiger partial charge in [0.05, 0.1) is 12.8 Å². The highest BCUT2D eigenvalue weighted by Gasteiger charge is 2.20. The minimum atomic E-state index is -0.250. The van der Waals surface area contributed by atoms with Crippen LogP contribution in [0.4, 0.5) is 4.39 Å². The first-order chi connectivity index (χ1) is 14.2. The zero-order valence-corrected chi connectivity index (χ0v) is 15.9. The molecule has 29 heavy (non-hydrogen) atoms. The van der Waals surface area contributed by atoms with Crippen LogP contribution in [0.15, 0.2) is 95.7 Å². The summed E-state index contributed by atoms with van der Waals surface area (Å²) >= 11 is 0. The third-order valence-electron chi connectivity index (χ3n) is 4.78. The quantitative estimate of drug-likeness (QED) is 0.441. The van der Waals surface area contributed by atoms with E-state index in [1.807, 2.05) is 48.7 Å². The highest BCUT2D eigenvalue weighted by Crippen LogP contribution is 2.16. The molecule has 2 heterocycles. The number of benzene rings is 2. The Morgan fingerprint density at radius 3 is 2.38 bits per heavy atom. The molecule has 2 aromatic carbocycles. The van der Waals surface area contributed by atoms with Crippen molar-refractivity contribution in [3.63, 3.8) is 0 Å². The largest absolute Gasteiger partial charge is 0.459 e. The van der Waals surface area contributed by atoms with Gasteiger partial charge in [-0.05, 0) is 47.5 Å². The summed E-state index contributed by atoms with van der Waals surface area (Å²) in [5.74, 6) is -0.0921. The second-order valence-electron chi connectivity index (χ2n) is 6.88. The van der Waals surface area contributed by atoms with Crippen LogP contribution in [0, 0.1) is 5.82 Å². The standard InChI is InChI=1S/C24H21FN2O2/c25-21-12-10-20(11-13-21)16-26-14-4-8-22(26)18-27(17-19-6-2-1-3-7-19)24(28)23-9-5-15-29-23/h1-15H,16-18H2. The number of halogens is 1. The minimum Gasteiger partial charge on any atom is -0.459 e. The fourth-order valence-electron chi connectivity index (χ4n) is 3.29. The van der Waals surface area contributed by atoms with Gasteiger partial charge < -0.3 is 13.9 Å². The molecule has 2 aromatic heterocycles. The lowest BCUT2D eigenvalue weighted by molar-refractivity contribution is 0.0693. The van der Waals surface area contributed by atoms with E-state index < -0.39 is 0 Å². The van der Waals surface area contributed by atoms with Crippen LogP contribution in [0.2, 0.25) is 0 Å². The first kappa shape index (κ1) is 18.7. The van der Waals surface area contributed by atoms with E-state index in [0.717, 1.165) is 16.8 Å². The van der Waals surface area contributed by atoms with Crippen molar-refractivity contribution in [2.24, 2.45) is 0 Å². The van der Waals surface area contributed by atoms with Crippen LogP contribution < -0.4 is 0 Å². The lowest BCUT2D eigenvalue weighted by atomic mass is 10.2. The Kier molecular flexibility index (Phi) is 5.56. The third-order valence-corrected chi connectivity index (χ3v) is 4.78. The Morgan fingerprint density at radius 2 is 1.66 bits per heavy atom. The van der Waals surface area contributed by atoms with Crippen molar-refractivity contribution in [2.75, 3.05) is 0 Å². The summed E-state index contributed by atoms with van der Waals surface area (Å²) in [5, 5.41) is 0. The van der Waals surface area contributed by atoms with Crippen molar-refractivity contribution in [1.82, 2.24) is 9.47 Å². The molecule has 4 rings (SSSR count). The van der Waals surface area contributed by atoms with Crippen molar-refractivity contribution in [3.05, 3.63) is 120 Å². The molecule has 146 valence electrons. The molecule has 0 unspecified atom stereocenters. The van der Waals surface area contributed by atoms with Gasteiger partial charge in [0.25, 0.3) is 5.91 Å². The molecule has 1 amide bonds. The van der Waals surface area contributed by atoms with Gasteiger partial charge >= 0.3 is 0 Å². The molecule has 0 atom stereocenters. The maximum absolute atomic E-state index is 13.2. The first-order valence-corrected chi connectivity index (χ1v) is 9.44. The maximum Gasteiger partial charge on any atom is 0.290 e. The van der Waals surface area contributed by atoms with E-state index in [1.54, 1.807) is 29.2 Å². The molecule has 0 aliphatic carbocycles. The Morgan fingerprint density at radius 1 is 0.862 bits per heavy atom. The summed E-state index contributed by atoms with van der Waals surface area (Å²) in [6, 6.07) is 23.7. The molecule has 0 saturated heterocycles. The van der Waals surface area contributed by atoms with Gasteiger partial charge in [-0.1, -0.05) is 42.5 Å². The number of aromatic nitrogens is 1. The second kappa shape index (κ2) is 8.61. The molecule has 4 aromatic rings. The number of nitrogens with zero attached hydrogens (tertiary/aromatic N) is 2. The topological polar surface area (TPSA) is 38.4 Å². The number of carbonyl (C=O) groups excluding carboxylic acids is 1. The van der Waals surface area contributed by atoms with E-state index in [9.17, 15) is 9.18 Å². The zero-order valence-electron chi connectivity index (χ0n) is 15.9. The number of hydrogen-bond donors (Lipinski definition) is 0. The van der Waals surface area contributed by atoms with Gasteiger partial charge in [0, 0.05) is 25.0 Å². The Bertz CT molecular complexity index is 1050. The minimum absolute atomic E-state index is 0.159. The van der Waals surface area contributed by atoms with Gasteiger partial charge in [0.15, 0.2) is 5.76 Å². The maximum atomic E-state index is 13.2. The summed E-state index contributed by atoms with van der Waals surface area (Å²) in [4.78, 5) is 14.8. The van der Waals surface area contributed by atoms with Crippen molar-refractivity contribution < 1.29 is 13.6 Å². The highest BCUT2D eigenvalue weighted by molar-refractivity contribution is 5.91. The molecule has 0 aliphatic rings. The average Bonchev–Trinajstić information content (AvgIpc) is 3.42. The van der Waals surface area contributed by atoms with Gasteiger partial charge in [0.2, 0.25) is 0 Å². The van der Waals surface area contributed by atoms with Crippen LogP contribution in [0.25, 0.3) is 0 Å². The lowest BCUT2D eigenvalue weighted by Gasteiger charge is -2.23. The van der Waals surface area contributed by atoms with Crippen LogP contribution >= 0.6 is 0 Å². The molecule has 0 N–H and O–H groups in total. The Hall–Kier alpha value is -3.60. The van der Waals surface area contributed by atoms with Crippen molar-refractivity contribution in [1.29, 1.82) is 0 Å². The monoisotopic (exact) mass is 388 g/mol. The van der Waals surface area contributed by atoms with Crippen LogP contribution in [0.3, 0.4) is 0 Å². The summed E-state index contributed by atoms with van der Waals surface area (Å²) in [6.45, 7) is 1.52. The fraction of sp³-hybridized carbons (Fsp3) is 0.125. The van der Waals surface area contributed by atoms with E-state index in [4.69, 9.17) is 4.42 Å². The highest BCUT2D eigenvalue weighted by atomic mass is 19.1. The van der Waals surface area contributed by atoms with Gasteiger partial charge in [-0.2, -0.15) is 0 Å². The molecular weight excluding hydrogens is 367 g/mol. The molecule has 5 heteroatoms. The smallest absolute Gasteiger partial charge is 0.290 e. The predicted octanol–water partition coefficient (Wildman–Crippen LogP) is 5.11. The molecule has 0 spiro atoms. The van der Waals surface area contributed by atoms with Crippen LogP contribution in [-0.4, -0.2) is 15.4 Å². The van der Waals surface area contributed by atoms with E-state index in [1.165, 1.54) is 18.4 Å². The number of carbonyl (C=O) groups is 1. The zero-order chi connectivity index (χ0) is 20.1. The van der Waals surface area contributed by atoms with Crippen LogP contribution in [0.5, 0.6) is 0 Å². The van der Waals surface area contributed by atoms with Gasteiger partial charge in [0.1, 0.15) is 5.82 Å². The molecular formula is C24H21FN2O2. The SMILES string of the molecule is O=C(c1ccco1)N(Cc1ccccc1)Cc1cccn1Cc1ccc(F)cc1. The molecule has 0 radical (unpaired) electrons. The summed E-state index contributed by atoms with van der Waals surface area (Å²) < 4.78 is 20.6. The van der Waals surface area contributed by atoms with E-state index in [0.29, 0.717) is 25.4 Å².